The largest absolute Gasteiger partial charge is 0.490 e. The monoisotopic (exact) mass is 478 g/mol. The first-order chi connectivity index (χ1) is 17.1. The normalized spacial score (nSPS) is 10.8. The lowest BCUT2D eigenvalue weighted by Crippen LogP contribution is -2.27. The lowest BCUT2D eigenvalue weighted by molar-refractivity contribution is 0.0951. The number of carbonyl (C=O) groups is 1. The molecular weight excluding hydrogens is 451 g/mol. The number of hydrogen-bond acceptors (Lipinski definition) is 7. The van der Waals surface area contributed by atoms with Crippen molar-refractivity contribution in [3.05, 3.63) is 71.9 Å². The number of rotatable bonds is 11. The molecule has 0 aliphatic carbocycles. The van der Waals surface area contributed by atoms with Crippen LogP contribution in [0.15, 0.2) is 55.0 Å². The average Bonchev–Trinajstić information content (AvgIpc) is 3.28. The van der Waals surface area contributed by atoms with Crippen LogP contribution in [0.4, 0.5) is 10.2 Å². The van der Waals surface area contributed by atoms with Gasteiger partial charge in [-0.05, 0) is 49.7 Å². The van der Waals surface area contributed by atoms with Gasteiger partial charge >= 0.3 is 0 Å². The smallest absolute Gasteiger partial charge is 0.251 e. The van der Waals surface area contributed by atoms with E-state index in [1.165, 1.54) is 18.5 Å². The van der Waals surface area contributed by atoms with Gasteiger partial charge in [0.25, 0.3) is 5.91 Å². The Morgan fingerprint density at radius 3 is 2.57 bits per heavy atom. The molecule has 0 aliphatic rings. The minimum absolute atomic E-state index is 0.221. The fourth-order valence-corrected chi connectivity index (χ4v) is 3.56. The molecule has 1 amide bonds. The molecule has 182 valence electrons. The number of anilines is 1. The number of carbonyl (C=O) groups excluding carboxylic acids is 1. The van der Waals surface area contributed by atoms with Gasteiger partial charge in [0.1, 0.15) is 18.0 Å². The van der Waals surface area contributed by atoms with Crippen LogP contribution in [0.1, 0.15) is 29.8 Å². The number of fused-ring (bicyclic) bond motifs is 1. The second-order valence-electron chi connectivity index (χ2n) is 7.59. The molecule has 0 fully saturated rings. The maximum atomic E-state index is 13.1. The van der Waals surface area contributed by atoms with Crippen molar-refractivity contribution in [2.24, 2.45) is 0 Å². The third-order valence-corrected chi connectivity index (χ3v) is 5.22. The zero-order valence-corrected chi connectivity index (χ0v) is 19.6. The van der Waals surface area contributed by atoms with E-state index in [0.29, 0.717) is 61.4 Å². The van der Waals surface area contributed by atoms with Gasteiger partial charge in [-0.25, -0.2) is 19.0 Å². The van der Waals surface area contributed by atoms with E-state index in [-0.39, 0.29) is 11.7 Å². The fraction of sp³-hybridized carbons (Fsp3) is 0.280. The summed E-state index contributed by atoms with van der Waals surface area (Å²) in [5.41, 5.74) is 2.06. The molecule has 2 aromatic heterocycles. The van der Waals surface area contributed by atoms with Crippen molar-refractivity contribution in [2.75, 3.05) is 25.1 Å². The molecular formula is C25H27FN6O3. The van der Waals surface area contributed by atoms with E-state index in [4.69, 9.17) is 9.47 Å². The number of ether oxygens (including phenoxy) is 2. The summed E-state index contributed by atoms with van der Waals surface area (Å²) in [5.74, 6) is 1.29. The Hall–Kier alpha value is -4.21. The SMILES string of the molecule is CCOc1ccc(C(=O)NCCn2ncc3c(NCc4ccc(F)cc4)ncnc32)cc1OCC. The molecule has 0 saturated carbocycles. The van der Waals surface area contributed by atoms with Crippen LogP contribution >= 0.6 is 0 Å². The van der Waals surface area contributed by atoms with Crippen molar-refractivity contribution >= 4 is 22.8 Å². The Morgan fingerprint density at radius 2 is 1.80 bits per heavy atom. The summed E-state index contributed by atoms with van der Waals surface area (Å²) in [5, 5.41) is 11.3. The molecule has 2 N–H and O–H groups in total. The molecule has 2 aromatic carbocycles. The van der Waals surface area contributed by atoms with Crippen LogP contribution in [-0.4, -0.2) is 45.4 Å². The first-order valence-electron chi connectivity index (χ1n) is 11.4. The first-order valence-corrected chi connectivity index (χ1v) is 11.4. The zero-order chi connectivity index (χ0) is 24.6. The summed E-state index contributed by atoms with van der Waals surface area (Å²) in [6, 6.07) is 11.4. The van der Waals surface area contributed by atoms with E-state index in [2.05, 4.69) is 25.7 Å². The molecule has 0 spiro atoms. The van der Waals surface area contributed by atoms with E-state index in [1.807, 2.05) is 13.8 Å². The Bertz CT molecular complexity index is 1290. The summed E-state index contributed by atoms with van der Waals surface area (Å²) >= 11 is 0. The summed E-state index contributed by atoms with van der Waals surface area (Å²) < 4.78 is 26.0. The molecule has 0 bridgehead atoms. The summed E-state index contributed by atoms with van der Waals surface area (Å²) in [4.78, 5) is 21.3. The molecule has 0 atom stereocenters. The highest BCUT2D eigenvalue weighted by Crippen LogP contribution is 2.28. The van der Waals surface area contributed by atoms with E-state index >= 15 is 0 Å². The minimum Gasteiger partial charge on any atom is -0.490 e. The highest BCUT2D eigenvalue weighted by Gasteiger charge is 2.13. The topological polar surface area (TPSA) is 103 Å². The Labute approximate surface area is 202 Å². The van der Waals surface area contributed by atoms with Gasteiger partial charge in [-0.15, -0.1) is 0 Å². The third kappa shape index (κ3) is 5.84. The van der Waals surface area contributed by atoms with Gasteiger partial charge < -0.3 is 20.1 Å². The summed E-state index contributed by atoms with van der Waals surface area (Å²) in [7, 11) is 0. The number of amides is 1. The van der Waals surface area contributed by atoms with Crippen LogP contribution in [0.3, 0.4) is 0 Å². The average molecular weight is 479 g/mol. The van der Waals surface area contributed by atoms with Crippen molar-refractivity contribution < 1.29 is 18.7 Å². The molecule has 4 aromatic rings. The highest BCUT2D eigenvalue weighted by molar-refractivity contribution is 5.94. The van der Waals surface area contributed by atoms with Gasteiger partial charge in [0.15, 0.2) is 17.1 Å². The van der Waals surface area contributed by atoms with Crippen molar-refractivity contribution in [1.82, 2.24) is 25.1 Å². The van der Waals surface area contributed by atoms with Gasteiger partial charge in [0.05, 0.1) is 31.3 Å². The third-order valence-electron chi connectivity index (χ3n) is 5.22. The van der Waals surface area contributed by atoms with E-state index in [9.17, 15) is 9.18 Å². The maximum absolute atomic E-state index is 13.1. The Morgan fingerprint density at radius 1 is 1.03 bits per heavy atom. The van der Waals surface area contributed by atoms with Gasteiger partial charge in [0.2, 0.25) is 0 Å². The molecule has 10 heteroatoms. The van der Waals surface area contributed by atoms with Crippen LogP contribution in [0.25, 0.3) is 11.0 Å². The number of benzene rings is 2. The van der Waals surface area contributed by atoms with Crippen molar-refractivity contribution in [2.45, 2.75) is 26.9 Å². The van der Waals surface area contributed by atoms with Crippen LogP contribution in [0.2, 0.25) is 0 Å². The molecule has 0 unspecified atom stereocenters. The maximum Gasteiger partial charge on any atom is 0.251 e. The second kappa shape index (κ2) is 11.3. The fourth-order valence-electron chi connectivity index (χ4n) is 3.56. The van der Waals surface area contributed by atoms with Crippen molar-refractivity contribution in [1.29, 1.82) is 0 Å². The van der Waals surface area contributed by atoms with Gasteiger partial charge in [-0.3, -0.25) is 4.79 Å². The molecule has 2 heterocycles. The van der Waals surface area contributed by atoms with Crippen molar-refractivity contribution in [3.63, 3.8) is 0 Å². The first kappa shape index (κ1) is 23.9. The number of nitrogens with zero attached hydrogens (tertiary/aromatic N) is 4. The minimum atomic E-state index is -0.274. The van der Waals surface area contributed by atoms with E-state index in [1.54, 1.807) is 41.2 Å². The molecule has 35 heavy (non-hydrogen) atoms. The summed E-state index contributed by atoms with van der Waals surface area (Å²) in [6.07, 6.45) is 3.15. The van der Waals surface area contributed by atoms with E-state index in [0.717, 1.165) is 10.9 Å². The Kier molecular flexibility index (Phi) is 7.71. The lowest BCUT2D eigenvalue weighted by atomic mass is 10.2. The summed E-state index contributed by atoms with van der Waals surface area (Å²) in [6.45, 7) is 6.03. The molecule has 0 saturated heterocycles. The molecule has 0 aliphatic heterocycles. The number of nitrogens with one attached hydrogen (secondary N) is 2. The number of hydrogen-bond donors (Lipinski definition) is 2. The van der Waals surface area contributed by atoms with Crippen LogP contribution < -0.4 is 20.1 Å². The predicted molar refractivity (Wildman–Crippen MR) is 130 cm³/mol. The molecule has 0 radical (unpaired) electrons. The quantitative estimate of drug-likeness (QED) is 0.338. The molecule has 9 nitrogen and oxygen atoms in total. The van der Waals surface area contributed by atoms with Crippen molar-refractivity contribution in [3.8, 4) is 11.5 Å². The van der Waals surface area contributed by atoms with Gasteiger partial charge in [-0.2, -0.15) is 5.10 Å². The Balaban J connectivity index is 1.38. The second-order valence-corrected chi connectivity index (χ2v) is 7.59. The standard InChI is InChI=1S/C25H27FN6O3/c1-3-34-21-10-7-18(13-22(21)35-4-2)25(33)27-11-12-32-24-20(15-31-32)23(29-16-30-24)28-14-17-5-8-19(26)9-6-17/h5-10,13,15-16H,3-4,11-12,14H2,1-2H3,(H,27,33)(H,28,29,30). The zero-order valence-electron chi connectivity index (χ0n) is 19.6. The lowest BCUT2D eigenvalue weighted by Gasteiger charge is -2.12. The van der Waals surface area contributed by atoms with Gasteiger partial charge in [0, 0.05) is 18.7 Å². The number of aromatic nitrogens is 4. The van der Waals surface area contributed by atoms with E-state index < -0.39 is 0 Å². The molecule has 4 rings (SSSR count). The van der Waals surface area contributed by atoms with Crippen LogP contribution in [-0.2, 0) is 13.1 Å². The predicted octanol–water partition coefficient (Wildman–Crippen LogP) is 3.80. The highest BCUT2D eigenvalue weighted by atomic mass is 19.1. The van der Waals surface area contributed by atoms with Gasteiger partial charge in [-0.1, -0.05) is 12.1 Å². The number of halogens is 1. The van der Waals surface area contributed by atoms with Crippen LogP contribution in [0, 0.1) is 5.82 Å². The van der Waals surface area contributed by atoms with Crippen LogP contribution in [0.5, 0.6) is 11.5 Å².